The number of benzene rings is 1. The minimum absolute atomic E-state index is 0.0267. The van der Waals surface area contributed by atoms with E-state index in [1.165, 1.54) is 4.90 Å². The number of rotatable bonds is 2. The lowest BCUT2D eigenvalue weighted by Gasteiger charge is -2.56. The topological polar surface area (TPSA) is 105 Å². The van der Waals surface area contributed by atoms with Crippen LogP contribution in [0.15, 0.2) is 40.1 Å². The Bertz CT molecular complexity index is 1410. The smallest absolute Gasteiger partial charge is 0.416 e. The average molecular weight is 507 g/mol. The van der Waals surface area contributed by atoms with Gasteiger partial charge >= 0.3 is 6.09 Å². The van der Waals surface area contributed by atoms with E-state index in [1.54, 1.807) is 12.4 Å². The Morgan fingerprint density at radius 3 is 2.86 bits per heavy atom. The summed E-state index contributed by atoms with van der Waals surface area (Å²) in [5.74, 6) is -0.225. The number of aliphatic imine (C=N–C) groups is 1. The lowest BCUT2D eigenvalue weighted by atomic mass is 9.68. The largest absolute Gasteiger partial charge is 0.447 e. The zero-order valence-corrected chi connectivity index (χ0v) is 20.6. The Balaban J connectivity index is 1.39. The molecule has 37 heavy (non-hydrogen) atoms. The first-order valence-electron chi connectivity index (χ1n) is 12.6. The molecule has 0 radical (unpaired) electrons. The highest BCUT2D eigenvalue weighted by molar-refractivity contribution is 6.01. The second-order valence-electron chi connectivity index (χ2n) is 10.4. The number of ether oxygens (including phenoxy) is 2. The molecular formula is C26H27FN6O4. The van der Waals surface area contributed by atoms with Crippen LogP contribution in [0, 0.1) is 11.2 Å². The van der Waals surface area contributed by atoms with E-state index in [-0.39, 0.29) is 41.7 Å². The van der Waals surface area contributed by atoms with Gasteiger partial charge in [-0.3, -0.25) is 15.3 Å². The molecule has 5 atom stereocenters. The van der Waals surface area contributed by atoms with E-state index < -0.39 is 18.0 Å². The lowest BCUT2D eigenvalue weighted by molar-refractivity contribution is -0.0522. The molecule has 1 spiro atoms. The molecule has 0 aliphatic carbocycles. The van der Waals surface area contributed by atoms with Crippen LogP contribution in [0.25, 0.3) is 11.0 Å². The van der Waals surface area contributed by atoms with E-state index in [0.29, 0.717) is 37.3 Å². The number of pyridine rings is 1. The molecule has 11 heteroatoms. The van der Waals surface area contributed by atoms with Crippen LogP contribution in [0.3, 0.4) is 0 Å². The van der Waals surface area contributed by atoms with Gasteiger partial charge in [0.1, 0.15) is 12.6 Å². The molecule has 1 aromatic carbocycles. The highest BCUT2D eigenvalue weighted by Gasteiger charge is 2.53. The van der Waals surface area contributed by atoms with Gasteiger partial charge in [0.2, 0.25) is 5.58 Å². The minimum atomic E-state index is -0.550. The molecule has 0 bridgehead atoms. The maximum Gasteiger partial charge on any atom is 0.416 e. The maximum atomic E-state index is 16.3. The maximum absolute atomic E-state index is 16.3. The van der Waals surface area contributed by atoms with Gasteiger partial charge in [0.05, 0.1) is 36.0 Å². The van der Waals surface area contributed by atoms with Crippen molar-refractivity contribution in [2.75, 3.05) is 36.2 Å². The third-order valence-electron chi connectivity index (χ3n) is 8.01. The number of cyclic esters (lactones) is 1. The molecule has 10 nitrogen and oxygen atoms in total. The van der Waals surface area contributed by atoms with Crippen LogP contribution in [0.1, 0.15) is 31.0 Å². The van der Waals surface area contributed by atoms with E-state index in [0.717, 1.165) is 11.1 Å². The summed E-state index contributed by atoms with van der Waals surface area (Å²) >= 11 is 0. The van der Waals surface area contributed by atoms with Crippen LogP contribution in [-0.2, 0) is 15.9 Å². The van der Waals surface area contributed by atoms with Gasteiger partial charge in [-0.15, -0.1) is 0 Å². The Morgan fingerprint density at radius 1 is 1.24 bits per heavy atom. The van der Waals surface area contributed by atoms with Gasteiger partial charge in [0.25, 0.3) is 0 Å². The molecule has 2 fully saturated rings. The molecule has 4 aliphatic rings. The van der Waals surface area contributed by atoms with Gasteiger partial charge in [-0.2, -0.15) is 0 Å². The number of halogens is 1. The summed E-state index contributed by atoms with van der Waals surface area (Å²) in [6.45, 7) is 6.01. The van der Waals surface area contributed by atoms with E-state index in [9.17, 15) is 4.79 Å². The fourth-order valence-electron chi connectivity index (χ4n) is 6.68. The number of amides is 1. The summed E-state index contributed by atoms with van der Waals surface area (Å²) < 4.78 is 33.5. The predicted octanol–water partition coefficient (Wildman–Crippen LogP) is 3.22. The van der Waals surface area contributed by atoms with Crippen LogP contribution in [-0.4, -0.2) is 67.1 Å². The van der Waals surface area contributed by atoms with Crippen LogP contribution in [0.2, 0.25) is 0 Å². The molecule has 192 valence electrons. The molecule has 1 unspecified atom stereocenters. The Morgan fingerprint density at radius 2 is 2.08 bits per heavy atom. The molecule has 3 aromatic rings. The van der Waals surface area contributed by atoms with Crippen molar-refractivity contribution in [2.24, 2.45) is 10.4 Å². The zero-order valence-electron chi connectivity index (χ0n) is 20.6. The highest BCUT2D eigenvalue weighted by Crippen LogP contribution is 2.49. The van der Waals surface area contributed by atoms with Crippen molar-refractivity contribution in [3.05, 3.63) is 47.5 Å². The Kier molecular flexibility index (Phi) is 5.02. The van der Waals surface area contributed by atoms with Crippen molar-refractivity contribution in [3.8, 4) is 0 Å². The summed E-state index contributed by atoms with van der Waals surface area (Å²) in [5, 5.41) is 8.02. The quantitative estimate of drug-likeness (QED) is 0.565. The Hall–Kier alpha value is -3.57. The van der Waals surface area contributed by atoms with Crippen molar-refractivity contribution in [1.29, 1.82) is 0 Å². The number of morpholine rings is 1. The average Bonchev–Trinajstić information content (AvgIpc) is 3.47. The van der Waals surface area contributed by atoms with E-state index in [1.807, 2.05) is 38.3 Å². The number of nitrogens with one attached hydrogen (secondary N) is 1. The SMILES string of the molecule is C[C@@H]1CN2c3c(cc4c(N5C(=O)OC[C@H]5c5ccncc5)noc4c3F)CC3(C=NCNC3)[C@H]2[C@H](C)O1. The van der Waals surface area contributed by atoms with E-state index in [2.05, 4.69) is 25.3 Å². The molecule has 2 aromatic heterocycles. The normalized spacial score (nSPS) is 31.1. The summed E-state index contributed by atoms with van der Waals surface area (Å²) in [5.41, 5.74) is 1.85. The number of nitrogens with zero attached hydrogens (tertiary/aromatic N) is 5. The third kappa shape index (κ3) is 3.30. The van der Waals surface area contributed by atoms with Crippen LogP contribution in [0.5, 0.6) is 0 Å². The standard InChI is InChI=1S/C26H27FN6O4/c1-14-9-32-21-17(8-26(11-29-13-30-12-26)23(32)15(2)36-14)7-18-22(20(21)27)37-31-24(18)33-19(10-35-25(33)34)16-3-5-28-6-4-16/h3-7,11,14-15,19,23,30H,8-10,12-13H2,1-2H3/t14-,15+,19+,23-,26?/m1/s1. The first kappa shape index (κ1) is 22.6. The molecule has 6 heterocycles. The van der Waals surface area contributed by atoms with Gasteiger partial charge in [0.15, 0.2) is 11.6 Å². The van der Waals surface area contributed by atoms with E-state index >= 15 is 4.39 Å². The van der Waals surface area contributed by atoms with Crippen molar-refractivity contribution < 1.29 is 23.2 Å². The first-order chi connectivity index (χ1) is 18.0. The summed E-state index contributed by atoms with van der Waals surface area (Å²) in [6.07, 6.45) is 5.17. The molecule has 1 amide bonds. The number of fused-ring (bicyclic) bond motifs is 5. The molecule has 4 aliphatic heterocycles. The molecule has 2 saturated heterocycles. The first-order valence-corrected chi connectivity index (χ1v) is 12.6. The fourth-order valence-corrected chi connectivity index (χ4v) is 6.68. The van der Waals surface area contributed by atoms with E-state index in [4.69, 9.17) is 14.0 Å². The number of hydrogen-bond acceptors (Lipinski definition) is 9. The second kappa shape index (κ2) is 8.22. The van der Waals surface area contributed by atoms with Gasteiger partial charge in [-0.05, 0) is 49.6 Å². The predicted molar refractivity (Wildman–Crippen MR) is 133 cm³/mol. The summed E-state index contributed by atoms with van der Waals surface area (Å²) in [7, 11) is 0. The van der Waals surface area contributed by atoms with Crippen LogP contribution < -0.4 is 15.1 Å². The van der Waals surface area contributed by atoms with Crippen molar-refractivity contribution >= 4 is 34.8 Å². The fraction of sp³-hybridized carbons (Fsp3) is 0.462. The van der Waals surface area contributed by atoms with Crippen LogP contribution in [0.4, 0.5) is 20.7 Å². The number of carbonyl (C=O) groups is 1. The lowest BCUT2D eigenvalue weighted by Crippen LogP contribution is -2.67. The van der Waals surface area contributed by atoms with Crippen LogP contribution >= 0.6 is 0 Å². The summed E-state index contributed by atoms with van der Waals surface area (Å²) in [4.78, 5) is 25.0. The number of anilines is 2. The minimum Gasteiger partial charge on any atom is -0.447 e. The number of aromatic nitrogens is 2. The van der Waals surface area contributed by atoms with Gasteiger partial charge < -0.3 is 18.9 Å². The number of hydrogen-bond donors (Lipinski definition) is 1. The van der Waals surface area contributed by atoms with Gasteiger partial charge in [-0.1, -0.05) is 5.16 Å². The molecule has 7 rings (SSSR count). The molecule has 0 saturated carbocycles. The second-order valence-corrected chi connectivity index (χ2v) is 10.4. The molecule has 1 N–H and O–H groups in total. The molecular weight excluding hydrogens is 479 g/mol. The Labute approximate surface area is 212 Å². The van der Waals surface area contributed by atoms with Gasteiger partial charge in [0, 0.05) is 37.1 Å². The highest BCUT2D eigenvalue weighted by atomic mass is 19.1. The third-order valence-corrected chi connectivity index (χ3v) is 8.01. The van der Waals surface area contributed by atoms with Crippen molar-refractivity contribution in [3.63, 3.8) is 0 Å². The summed E-state index contributed by atoms with van der Waals surface area (Å²) in [6, 6.07) is 5.05. The van der Waals surface area contributed by atoms with Crippen molar-refractivity contribution in [2.45, 2.75) is 44.6 Å². The zero-order chi connectivity index (χ0) is 25.3. The van der Waals surface area contributed by atoms with Gasteiger partial charge in [-0.25, -0.2) is 14.1 Å². The number of carbonyl (C=O) groups excluding carboxylic acids is 1. The monoisotopic (exact) mass is 506 g/mol. The van der Waals surface area contributed by atoms with Crippen molar-refractivity contribution in [1.82, 2.24) is 15.5 Å².